The highest BCUT2D eigenvalue weighted by Crippen LogP contribution is 2.17. The van der Waals surface area contributed by atoms with Gasteiger partial charge in [0.2, 0.25) is 0 Å². The average Bonchev–Trinajstić information content (AvgIpc) is 1.99. The van der Waals surface area contributed by atoms with Crippen molar-refractivity contribution in [2.24, 2.45) is 5.92 Å². The van der Waals surface area contributed by atoms with Crippen molar-refractivity contribution in [3.05, 3.63) is 0 Å². The highest BCUT2D eigenvalue weighted by Gasteiger charge is 2.33. The first-order valence-corrected chi connectivity index (χ1v) is 3.94. The molecule has 0 amide bonds. The molecule has 0 aromatic rings. The van der Waals surface area contributed by atoms with Gasteiger partial charge in [-0.15, -0.1) is 0 Å². The van der Waals surface area contributed by atoms with Crippen molar-refractivity contribution in [2.45, 2.75) is 26.4 Å². The van der Waals surface area contributed by atoms with Gasteiger partial charge in [0, 0.05) is 6.61 Å². The summed E-state index contributed by atoms with van der Waals surface area (Å²) in [4.78, 5) is 10.5. The second-order valence-electron chi connectivity index (χ2n) is 3.05. The predicted molar refractivity (Wildman–Crippen MR) is 43.9 cm³/mol. The molecule has 0 aliphatic carbocycles. The van der Waals surface area contributed by atoms with Crippen LogP contribution in [0, 0.1) is 5.92 Å². The summed E-state index contributed by atoms with van der Waals surface area (Å²) < 4.78 is 4.96. The monoisotopic (exact) mass is 176 g/mol. The van der Waals surface area contributed by atoms with E-state index in [-0.39, 0.29) is 6.61 Å². The number of hydrogen-bond acceptors (Lipinski definition) is 3. The fourth-order valence-corrected chi connectivity index (χ4v) is 0.700. The fraction of sp³-hybridized carbons (Fsp3) is 0.875. The Morgan fingerprint density at radius 3 is 2.50 bits per heavy atom. The van der Waals surface area contributed by atoms with Gasteiger partial charge in [-0.3, -0.25) is 4.79 Å². The minimum Gasteiger partial charge on any atom is -0.481 e. The largest absolute Gasteiger partial charge is 0.481 e. The molecule has 72 valence electrons. The molecule has 0 heterocycles. The third-order valence-corrected chi connectivity index (χ3v) is 1.90. The summed E-state index contributed by atoms with van der Waals surface area (Å²) in [5, 5.41) is 18.2. The summed E-state index contributed by atoms with van der Waals surface area (Å²) in [5.41, 5.74) is -1.29. The molecule has 0 aromatic carbocycles. The molecule has 12 heavy (non-hydrogen) atoms. The van der Waals surface area contributed by atoms with E-state index in [9.17, 15) is 9.90 Å². The molecule has 0 fully saturated rings. The van der Waals surface area contributed by atoms with Gasteiger partial charge in [0.25, 0.3) is 0 Å². The summed E-state index contributed by atoms with van der Waals surface area (Å²) in [5.74, 6) is -1.83. The highest BCUT2D eigenvalue weighted by molar-refractivity contribution is 5.70. The van der Waals surface area contributed by atoms with Gasteiger partial charge in [0.05, 0.1) is 18.1 Å². The molecule has 0 radical (unpaired) electrons. The lowest BCUT2D eigenvalue weighted by Gasteiger charge is -2.26. The number of rotatable bonds is 5. The maximum absolute atomic E-state index is 10.5. The van der Waals surface area contributed by atoms with Gasteiger partial charge in [0.1, 0.15) is 0 Å². The second-order valence-corrected chi connectivity index (χ2v) is 3.05. The van der Waals surface area contributed by atoms with Gasteiger partial charge >= 0.3 is 5.97 Å². The second kappa shape index (κ2) is 4.42. The van der Waals surface area contributed by atoms with E-state index in [2.05, 4.69) is 0 Å². The van der Waals surface area contributed by atoms with Gasteiger partial charge in [0.15, 0.2) is 0 Å². The molecule has 2 atom stereocenters. The Bertz CT molecular complexity index is 153. The summed E-state index contributed by atoms with van der Waals surface area (Å²) in [6.45, 7) is 5.24. The van der Waals surface area contributed by atoms with Crippen LogP contribution in [0.1, 0.15) is 20.8 Å². The lowest BCUT2D eigenvalue weighted by Crippen LogP contribution is -2.42. The molecule has 4 nitrogen and oxygen atoms in total. The fourth-order valence-electron chi connectivity index (χ4n) is 0.700. The number of ether oxygens (including phenoxy) is 1. The number of aliphatic carboxylic acids is 1. The van der Waals surface area contributed by atoms with Crippen LogP contribution in [0.4, 0.5) is 0 Å². The zero-order valence-corrected chi connectivity index (χ0v) is 7.70. The Balaban J connectivity index is 4.08. The molecule has 0 bridgehead atoms. The van der Waals surface area contributed by atoms with Gasteiger partial charge in [-0.1, -0.05) is 0 Å². The van der Waals surface area contributed by atoms with Crippen LogP contribution >= 0.6 is 0 Å². The first-order valence-electron chi connectivity index (χ1n) is 3.94. The summed E-state index contributed by atoms with van der Waals surface area (Å²) in [6.07, 6.45) is 0. The molecule has 0 aliphatic heterocycles. The first-order chi connectivity index (χ1) is 5.41. The number of carboxylic acid groups (broad SMARTS) is 1. The quantitative estimate of drug-likeness (QED) is 0.640. The van der Waals surface area contributed by atoms with Gasteiger partial charge in [-0.2, -0.15) is 0 Å². The summed E-state index contributed by atoms with van der Waals surface area (Å²) >= 11 is 0. The molecule has 4 heteroatoms. The Morgan fingerprint density at radius 2 is 2.17 bits per heavy atom. The number of carbonyl (C=O) groups is 1. The smallest absolute Gasteiger partial charge is 0.309 e. The van der Waals surface area contributed by atoms with Crippen molar-refractivity contribution in [2.75, 3.05) is 13.2 Å². The normalized spacial score (nSPS) is 18.3. The minimum atomic E-state index is -1.29. The van der Waals surface area contributed by atoms with Crippen LogP contribution in [0.3, 0.4) is 0 Å². The summed E-state index contributed by atoms with van der Waals surface area (Å²) in [6, 6.07) is 0. The van der Waals surface area contributed by atoms with Crippen LogP contribution in [0.2, 0.25) is 0 Å². The lowest BCUT2D eigenvalue weighted by molar-refractivity contribution is -0.154. The maximum Gasteiger partial charge on any atom is 0.309 e. The molecular weight excluding hydrogens is 160 g/mol. The number of hydrogen-bond donors (Lipinski definition) is 2. The van der Waals surface area contributed by atoms with Crippen molar-refractivity contribution in [1.82, 2.24) is 0 Å². The molecule has 0 aromatic heterocycles. The summed E-state index contributed by atoms with van der Waals surface area (Å²) in [7, 11) is 0. The Kier molecular flexibility index (Phi) is 4.20. The van der Waals surface area contributed by atoms with Crippen LogP contribution in [0.15, 0.2) is 0 Å². The number of carboxylic acids is 1. The van der Waals surface area contributed by atoms with Crippen molar-refractivity contribution in [3.63, 3.8) is 0 Å². The van der Waals surface area contributed by atoms with Crippen LogP contribution < -0.4 is 0 Å². The van der Waals surface area contributed by atoms with E-state index in [4.69, 9.17) is 9.84 Å². The van der Waals surface area contributed by atoms with E-state index < -0.39 is 17.5 Å². The molecule has 0 spiro atoms. The van der Waals surface area contributed by atoms with Crippen LogP contribution in [-0.2, 0) is 9.53 Å². The molecule has 2 N–H and O–H groups in total. The third-order valence-electron chi connectivity index (χ3n) is 1.90. The van der Waals surface area contributed by atoms with Crippen LogP contribution in [0.5, 0.6) is 0 Å². The molecule has 0 saturated carbocycles. The van der Waals surface area contributed by atoms with Crippen LogP contribution in [-0.4, -0.2) is 35.0 Å². The number of aliphatic hydroxyl groups is 1. The van der Waals surface area contributed by atoms with Crippen LogP contribution in [0.25, 0.3) is 0 Å². The van der Waals surface area contributed by atoms with Crippen molar-refractivity contribution in [3.8, 4) is 0 Å². The Hall–Kier alpha value is -0.610. The van der Waals surface area contributed by atoms with Crippen molar-refractivity contribution < 1.29 is 19.7 Å². The van der Waals surface area contributed by atoms with E-state index in [1.165, 1.54) is 13.8 Å². The molecule has 0 aliphatic rings. The first kappa shape index (κ1) is 11.4. The Morgan fingerprint density at radius 1 is 1.67 bits per heavy atom. The third kappa shape index (κ3) is 3.19. The molecule has 0 saturated heterocycles. The maximum atomic E-state index is 10.5. The van der Waals surface area contributed by atoms with E-state index in [1.54, 1.807) is 6.92 Å². The van der Waals surface area contributed by atoms with E-state index in [0.717, 1.165) is 0 Å². The van der Waals surface area contributed by atoms with Gasteiger partial charge in [-0.05, 0) is 20.8 Å². The minimum absolute atomic E-state index is 0.0525. The highest BCUT2D eigenvalue weighted by atomic mass is 16.5. The molecule has 0 rings (SSSR count). The topological polar surface area (TPSA) is 66.8 Å². The Labute approximate surface area is 72.2 Å². The van der Waals surface area contributed by atoms with Crippen molar-refractivity contribution >= 4 is 5.97 Å². The van der Waals surface area contributed by atoms with E-state index in [1.807, 2.05) is 0 Å². The van der Waals surface area contributed by atoms with Gasteiger partial charge < -0.3 is 14.9 Å². The molecular formula is C8H16O4. The van der Waals surface area contributed by atoms with Gasteiger partial charge in [-0.25, -0.2) is 0 Å². The predicted octanol–water partition coefficient (Wildman–Crippen LogP) is 0.495. The zero-order chi connectivity index (χ0) is 9.78. The van der Waals surface area contributed by atoms with E-state index >= 15 is 0 Å². The average molecular weight is 176 g/mol. The standard InChI is InChI=1S/C8H16O4/c1-4-12-5-8(3,11)6(2)7(9)10/h6,11H,4-5H2,1-3H3,(H,9,10). The zero-order valence-electron chi connectivity index (χ0n) is 7.70. The lowest BCUT2D eigenvalue weighted by atomic mass is 9.92. The molecule has 2 unspecified atom stereocenters. The van der Waals surface area contributed by atoms with E-state index in [0.29, 0.717) is 6.61 Å². The SMILES string of the molecule is CCOCC(C)(O)C(C)C(=O)O. The van der Waals surface area contributed by atoms with Crippen molar-refractivity contribution in [1.29, 1.82) is 0 Å².